The number of nitrogens with zero attached hydrogens (tertiary/aromatic N) is 1. The second-order valence-electron chi connectivity index (χ2n) is 7.14. The SMILES string of the molecule is CC(F)(F)COC(=O)C(O)CN(Cc1ccc(-c2cc(Cl)ccc2F)cc1)NC(=O)C(=O)O. The van der Waals surface area contributed by atoms with E-state index in [-0.39, 0.29) is 12.1 Å². The fraction of sp³-hybridized carbons (Fsp3) is 0.286. The van der Waals surface area contributed by atoms with E-state index in [0.717, 1.165) is 5.01 Å². The summed E-state index contributed by atoms with van der Waals surface area (Å²) in [5, 5.41) is 20.0. The van der Waals surface area contributed by atoms with Crippen molar-refractivity contribution in [1.29, 1.82) is 0 Å². The number of hydrogen-bond acceptors (Lipinski definition) is 6. The Morgan fingerprint density at radius 2 is 1.82 bits per heavy atom. The maximum absolute atomic E-state index is 14.1. The quantitative estimate of drug-likeness (QED) is 0.282. The number of aliphatic carboxylic acids is 1. The summed E-state index contributed by atoms with van der Waals surface area (Å²) in [6.45, 7) is -1.58. The van der Waals surface area contributed by atoms with Crippen molar-refractivity contribution in [2.24, 2.45) is 0 Å². The van der Waals surface area contributed by atoms with Gasteiger partial charge >= 0.3 is 17.8 Å². The smallest absolute Gasteiger partial charge is 0.395 e. The second-order valence-corrected chi connectivity index (χ2v) is 7.58. The van der Waals surface area contributed by atoms with Crippen molar-refractivity contribution in [2.75, 3.05) is 13.2 Å². The van der Waals surface area contributed by atoms with E-state index >= 15 is 0 Å². The predicted molar refractivity (Wildman–Crippen MR) is 111 cm³/mol. The molecule has 0 bridgehead atoms. The zero-order valence-electron chi connectivity index (χ0n) is 17.2. The first-order valence-electron chi connectivity index (χ1n) is 9.41. The number of amides is 1. The Labute approximate surface area is 191 Å². The zero-order chi connectivity index (χ0) is 24.8. The molecule has 0 spiro atoms. The molecule has 0 heterocycles. The molecule has 0 aliphatic rings. The second kappa shape index (κ2) is 11.1. The average Bonchev–Trinajstić information content (AvgIpc) is 2.73. The summed E-state index contributed by atoms with van der Waals surface area (Å²) in [6, 6.07) is 10.2. The Balaban J connectivity index is 2.14. The Morgan fingerprint density at radius 3 is 2.39 bits per heavy atom. The van der Waals surface area contributed by atoms with Crippen LogP contribution in [0, 0.1) is 5.82 Å². The number of aliphatic hydroxyl groups is 1. The summed E-state index contributed by atoms with van der Waals surface area (Å²) in [5.41, 5.74) is 3.20. The van der Waals surface area contributed by atoms with Gasteiger partial charge in [0, 0.05) is 24.1 Å². The number of nitrogens with one attached hydrogen (secondary N) is 1. The van der Waals surface area contributed by atoms with E-state index in [2.05, 4.69) is 4.74 Å². The molecule has 0 aliphatic carbocycles. The van der Waals surface area contributed by atoms with Gasteiger partial charge in [0.2, 0.25) is 0 Å². The highest BCUT2D eigenvalue weighted by molar-refractivity contribution is 6.31. The number of carbonyl (C=O) groups is 3. The third-order valence-electron chi connectivity index (χ3n) is 4.15. The highest BCUT2D eigenvalue weighted by atomic mass is 35.5. The molecule has 0 saturated carbocycles. The Hall–Kier alpha value is -3.15. The maximum Gasteiger partial charge on any atom is 0.395 e. The minimum Gasteiger partial charge on any atom is -0.474 e. The number of carbonyl (C=O) groups excluding carboxylic acids is 2. The monoisotopic (exact) mass is 488 g/mol. The number of aliphatic hydroxyl groups excluding tert-OH is 1. The van der Waals surface area contributed by atoms with Crippen molar-refractivity contribution in [1.82, 2.24) is 10.4 Å². The van der Waals surface area contributed by atoms with Crippen LogP contribution in [0.25, 0.3) is 11.1 Å². The molecule has 0 aromatic heterocycles. The van der Waals surface area contributed by atoms with Crippen molar-refractivity contribution in [3.63, 3.8) is 0 Å². The van der Waals surface area contributed by atoms with Gasteiger partial charge in [0.25, 0.3) is 5.92 Å². The summed E-state index contributed by atoms with van der Waals surface area (Å²) < 4.78 is 44.0. The highest BCUT2D eigenvalue weighted by Gasteiger charge is 2.28. The molecule has 0 fully saturated rings. The van der Waals surface area contributed by atoms with Crippen molar-refractivity contribution in [3.05, 3.63) is 58.9 Å². The lowest BCUT2D eigenvalue weighted by atomic mass is 10.0. The molecule has 1 atom stereocenters. The van der Waals surface area contributed by atoms with Crippen LogP contribution < -0.4 is 5.43 Å². The first-order valence-corrected chi connectivity index (χ1v) is 9.79. The van der Waals surface area contributed by atoms with Gasteiger partial charge in [-0.05, 0) is 29.3 Å². The third kappa shape index (κ3) is 8.37. The van der Waals surface area contributed by atoms with Crippen LogP contribution in [0.5, 0.6) is 0 Å². The number of alkyl halides is 2. The normalized spacial score (nSPS) is 12.3. The molecule has 33 heavy (non-hydrogen) atoms. The lowest BCUT2D eigenvalue weighted by Crippen LogP contribution is -2.49. The lowest BCUT2D eigenvalue weighted by Gasteiger charge is -2.24. The molecule has 0 radical (unpaired) electrons. The topological polar surface area (TPSA) is 116 Å². The van der Waals surface area contributed by atoms with Gasteiger partial charge < -0.3 is 14.9 Å². The molecule has 12 heteroatoms. The van der Waals surface area contributed by atoms with Gasteiger partial charge in [-0.15, -0.1) is 0 Å². The number of benzene rings is 2. The number of hydrogen-bond donors (Lipinski definition) is 3. The standard InChI is InChI=1S/C21H20ClF3N2O6/c1-21(24,25)11-33-20(32)17(28)10-27(26-18(29)19(30)31)9-12-2-4-13(5-3-12)15-8-14(22)6-7-16(15)23/h2-8,17,28H,9-11H2,1H3,(H,26,29)(H,30,31). The summed E-state index contributed by atoms with van der Waals surface area (Å²) in [4.78, 5) is 34.2. The van der Waals surface area contributed by atoms with Crippen molar-refractivity contribution < 1.29 is 42.5 Å². The number of esters is 1. The van der Waals surface area contributed by atoms with Crippen molar-refractivity contribution in [3.8, 4) is 11.1 Å². The molecule has 178 valence electrons. The molecule has 1 amide bonds. The molecule has 1 unspecified atom stereocenters. The van der Waals surface area contributed by atoms with Crippen LogP contribution in [0.15, 0.2) is 42.5 Å². The van der Waals surface area contributed by atoms with E-state index in [4.69, 9.17) is 16.7 Å². The summed E-state index contributed by atoms with van der Waals surface area (Å²) in [6.07, 6.45) is -1.96. The first-order chi connectivity index (χ1) is 15.4. The van der Waals surface area contributed by atoms with Gasteiger partial charge in [0.15, 0.2) is 12.7 Å². The van der Waals surface area contributed by atoms with E-state index in [1.165, 1.54) is 30.3 Å². The fourth-order valence-corrected chi connectivity index (χ4v) is 2.82. The van der Waals surface area contributed by atoms with Gasteiger partial charge in [-0.3, -0.25) is 10.2 Å². The van der Waals surface area contributed by atoms with Gasteiger partial charge in [-0.2, -0.15) is 0 Å². The summed E-state index contributed by atoms with van der Waals surface area (Å²) in [7, 11) is 0. The van der Waals surface area contributed by atoms with E-state index in [1.54, 1.807) is 12.1 Å². The number of carboxylic acid groups (broad SMARTS) is 1. The fourth-order valence-electron chi connectivity index (χ4n) is 2.65. The Bertz CT molecular complexity index is 1010. The van der Waals surface area contributed by atoms with Crippen LogP contribution >= 0.6 is 11.6 Å². The summed E-state index contributed by atoms with van der Waals surface area (Å²) >= 11 is 5.90. The zero-order valence-corrected chi connectivity index (χ0v) is 18.0. The predicted octanol–water partition coefficient (Wildman–Crippen LogP) is 2.62. The molecular formula is C21H20ClF3N2O6. The summed E-state index contributed by atoms with van der Waals surface area (Å²) in [5.74, 6) is -8.46. The van der Waals surface area contributed by atoms with Crippen LogP contribution in [0.4, 0.5) is 13.2 Å². The Morgan fingerprint density at radius 1 is 1.18 bits per heavy atom. The van der Waals surface area contributed by atoms with Crippen LogP contribution in [0.3, 0.4) is 0 Å². The van der Waals surface area contributed by atoms with Crippen LogP contribution in [0.2, 0.25) is 5.02 Å². The first kappa shape index (κ1) is 26.1. The Kier molecular flexibility index (Phi) is 8.80. The van der Waals surface area contributed by atoms with E-state index < -0.39 is 48.8 Å². The molecule has 2 aromatic rings. The molecule has 0 aliphatic heterocycles. The van der Waals surface area contributed by atoms with Crippen LogP contribution in [-0.2, 0) is 25.7 Å². The van der Waals surface area contributed by atoms with Gasteiger partial charge in [0.05, 0.1) is 6.54 Å². The highest BCUT2D eigenvalue weighted by Crippen LogP contribution is 2.26. The van der Waals surface area contributed by atoms with Gasteiger partial charge in [-0.1, -0.05) is 35.9 Å². The van der Waals surface area contributed by atoms with Crippen LogP contribution in [-0.4, -0.2) is 58.2 Å². The van der Waals surface area contributed by atoms with E-state index in [0.29, 0.717) is 23.1 Å². The van der Waals surface area contributed by atoms with Crippen LogP contribution in [0.1, 0.15) is 12.5 Å². The molecular weight excluding hydrogens is 469 g/mol. The number of hydrazine groups is 1. The number of rotatable bonds is 9. The minimum absolute atomic E-state index is 0.189. The molecule has 8 nitrogen and oxygen atoms in total. The molecule has 2 rings (SSSR count). The number of halogens is 4. The van der Waals surface area contributed by atoms with Gasteiger partial charge in [0.1, 0.15) is 5.82 Å². The molecule has 0 saturated heterocycles. The number of ether oxygens (including phenoxy) is 1. The largest absolute Gasteiger partial charge is 0.474 e. The molecule has 2 aromatic carbocycles. The van der Waals surface area contributed by atoms with Gasteiger partial charge in [-0.25, -0.2) is 27.8 Å². The maximum atomic E-state index is 14.1. The number of carboxylic acids is 1. The van der Waals surface area contributed by atoms with E-state index in [9.17, 15) is 32.7 Å². The lowest BCUT2D eigenvalue weighted by molar-refractivity contribution is -0.165. The minimum atomic E-state index is -3.31. The third-order valence-corrected chi connectivity index (χ3v) is 4.39. The van der Waals surface area contributed by atoms with E-state index in [1.807, 2.05) is 5.43 Å². The van der Waals surface area contributed by atoms with Crippen molar-refractivity contribution >= 4 is 29.4 Å². The molecule has 3 N–H and O–H groups in total. The van der Waals surface area contributed by atoms with Crippen molar-refractivity contribution in [2.45, 2.75) is 25.5 Å². The average molecular weight is 489 g/mol.